The van der Waals surface area contributed by atoms with Gasteiger partial charge in [0.15, 0.2) is 0 Å². The molecule has 1 aliphatic rings. The molecule has 1 N–H and O–H groups in total. The van der Waals surface area contributed by atoms with E-state index in [4.69, 9.17) is 9.47 Å². The molecule has 0 bridgehead atoms. The number of hydrogen-bond acceptors (Lipinski definition) is 5. The van der Waals surface area contributed by atoms with E-state index in [1.54, 1.807) is 6.92 Å². The minimum Gasteiger partial charge on any atom is -0.465 e. The summed E-state index contributed by atoms with van der Waals surface area (Å²) in [6, 6.07) is 8.33. The highest BCUT2D eigenvalue weighted by Crippen LogP contribution is 2.30. The highest BCUT2D eigenvalue weighted by molar-refractivity contribution is 5.71. The molecule has 0 spiro atoms. The van der Waals surface area contributed by atoms with E-state index in [9.17, 15) is 9.59 Å². The van der Waals surface area contributed by atoms with Gasteiger partial charge in [0.2, 0.25) is 0 Å². The van der Waals surface area contributed by atoms with Crippen molar-refractivity contribution in [1.29, 1.82) is 0 Å². The molecule has 1 aromatic rings. The average Bonchev–Trinajstić information content (AvgIpc) is 3.37. The van der Waals surface area contributed by atoms with E-state index in [2.05, 4.69) is 5.32 Å². The third kappa shape index (κ3) is 7.04. The number of amides is 1. The second-order valence-electron chi connectivity index (χ2n) is 7.56. The number of nitrogens with one attached hydrogen (secondary N) is 1. The molecule has 2 rings (SSSR count). The largest absolute Gasteiger partial charge is 0.465 e. The summed E-state index contributed by atoms with van der Waals surface area (Å²) >= 11 is 0. The molecule has 26 heavy (non-hydrogen) atoms. The lowest BCUT2D eigenvalue weighted by molar-refractivity contribution is -0.142. The molecule has 0 saturated heterocycles. The minimum absolute atomic E-state index is 0.198. The summed E-state index contributed by atoms with van der Waals surface area (Å²) in [5.41, 5.74) is 1.66. The molecule has 0 aliphatic heterocycles. The Bertz CT molecular complexity index is 603. The zero-order valence-corrected chi connectivity index (χ0v) is 16.2. The van der Waals surface area contributed by atoms with E-state index in [1.807, 2.05) is 49.9 Å². The van der Waals surface area contributed by atoms with Crippen molar-refractivity contribution in [2.24, 2.45) is 0 Å². The van der Waals surface area contributed by atoms with E-state index in [-0.39, 0.29) is 24.6 Å². The van der Waals surface area contributed by atoms with Crippen LogP contribution in [0.3, 0.4) is 0 Å². The van der Waals surface area contributed by atoms with E-state index in [0.717, 1.165) is 24.0 Å². The molecule has 0 atom stereocenters. The predicted octanol–water partition coefficient (Wildman–Crippen LogP) is 3.24. The van der Waals surface area contributed by atoms with Crippen molar-refractivity contribution in [3.8, 4) is 0 Å². The van der Waals surface area contributed by atoms with Crippen molar-refractivity contribution >= 4 is 12.1 Å². The van der Waals surface area contributed by atoms with Crippen molar-refractivity contribution in [3.05, 3.63) is 35.4 Å². The average molecular weight is 362 g/mol. The first-order valence-corrected chi connectivity index (χ1v) is 9.22. The zero-order chi connectivity index (χ0) is 19.2. The van der Waals surface area contributed by atoms with Gasteiger partial charge >= 0.3 is 12.1 Å². The second-order valence-corrected chi connectivity index (χ2v) is 7.56. The van der Waals surface area contributed by atoms with Crippen LogP contribution in [0.15, 0.2) is 24.3 Å². The lowest BCUT2D eigenvalue weighted by atomic mass is 10.1. The van der Waals surface area contributed by atoms with Crippen molar-refractivity contribution in [1.82, 2.24) is 10.2 Å². The number of carbonyl (C=O) groups is 2. The van der Waals surface area contributed by atoms with Gasteiger partial charge in [0.1, 0.15) is 5.60 Å². The molecule has 1 aromatic carbocycles. The van der Waals surface area contributed by atoms with Gasteiger partial charge in [-0.1, -0.05) is 24.3 Å². The van der Waals surface area contributed by atoms with E-state index < -0.39 is 5.60 Å². The number of ether oxygens (including phenoxy) is 2. The molecule has 0 unspecified atom stereocenters. The monoisotopic (exact) mass is 362 g/mol. The smallest absolute Gasteiger partial charge is 0.410 e. The van der Waals surface area contributed by atoms with Crippen LogP contribution < -0.4 is 5.32 Å². The standard InChI is InChI=1S/C20H30N2O4/c1-5-25-18(23)13-21-12-15-6-8-16(9-7-15)14-22(17-10-11-17)19(24)26-20(2,3)4/h6-9,17,21H,5,10-14H2,1-4H3. The fourth-order valence-corrected chi connectivity index (χ4v) is 2.53. The maximum absolute atomic E-state index is 12.4. The number of rotatable bonds is 8. The Labute approximate surface area is 155 Å². The van der Waals surface area contributed by atoms with Gasteiger partial charge in [-0.3, -0.25) is 4.79 Å². The van der Waals surface area contributed by atoms with Gasteiger partial charge in [0.25, 0.3) is 0 Å². The van der Waals surface area contributed by atoms with Crippen molar-refractivity contribution < 1.29 is 19.1 Å². The van der Waals surface area contributed by atoms with Crippen LogP contribution in [-0.4, -0.2) is 41.8 Å². The summed E-state index contributed by atoms with van der Waals surface area (Å²) in [4.78, 5) is 25.5. The van der Waals surface area contributed by atoms with Gasteiger partial charge in [0, 0.05) is 19.1 Å². The summed E-state index contributed by atoms with van der Waals surface area (Å²) in [5, 5.41) is 3.06. The van der Waals surface area contributed by atoms with Crippen molar-refractivity contribution in [3.63, 3.8) is 0 Å². The Morgan fingerprint density at radius 3 is 2.31 bits per heavy atom. The molecular weight excluding hydrogens is 332 g/mol. The summed E-state index contributed by atoms with van der Waals surface area (Å²) < 4.78 is 10.4. The maximum atomic E-state index is 12.4. The summed E-state index contributed by atoms with van der Waals surface area (Å²) in [7, 11) is 0. The Balaban J connectivity index is 1.86. The third-order valence-corrected chi connectivity index (χ3v) is 3.90. The first-order chi connectivity index (χ1) is 12.3. The topological polar surface area (TPSA) is 67.9 Å². The molecule has 0 heterocycles. The number of hydrogen-bond donors (Lipinski definition) is 1. The fraction of sp³-hybridized carbons (Fsp3) is 0.600. The molecule has 6 nitrogen and oxygen atoms in total. The van der Waals surface area contributed by atoms with Crippen LogP contribution in [0.4, 0.5) is 4.79 Å². The molecule has 144 valence electrons. The van der Waals surface area contributed by atoms with Gasteiger partial charge in [-0.05, 0) is 51.7 Å². The van der Waals surface area contributed by atoms with Crippen LogP contribution in [0, 0.1) is 0 Å². The first-order valence-electron chi connectivity index (χ1n) is 9.22. The third-order valence-electron chi connectivity index (χ3n) is 3.90. The number of esters is 1. The second kappa shape index (κ2) is 9.03. The lowest BCUT2D eigenvalue weighted by Crippen LogP contribution is -2.37. The SMILES string of the molecule is CCOC(=O)CNCc1ccc(CN(C(=O)OC(C)(C)C)C2CC2)cc1. The Morgan fingerprint density at radius 1 is 1.15 bits per heavy atom. The van der Waals surface area contributed by atoms with Crippen LogP contribution in [0.2, 0.25) is 0 Å². The van der Waals surface area contributed by atoms with Crippen LogP contribution in [-0.2, 0) is 27.4 Å². The van der Waals surface area contributed by atoms with Crippen LogP contribution in [0.25, 0.3) is 0 Å². The summed E-state index contributed by atoms with van der Waals surface area (Å²) in [6.45, 7) is 9.18. The highest BCUT2D eigenvalue weighted by atomic mass is 16.6. The van der Waals surface area contributed by atoms with Gasteiger partial charge in [-0.25, -0.2) is 4.79 Å². The van der Waals surface area contributed by atoms with Gasteiger partial charge in [0.05, 0.1) is 13.2 Å². The fourth-order valence-electron chi connectivity index (χ4n) is 2.53. The highest BCUT2D eigenvalue weighted by Gasteiger charge is 2.35. The van der Waals surface area contributed by atoms with E-state index in [1.165, 1.54) is 0 Å². The molecule has 1 aliphatic carbocycles. The Hall–Kier alpha value is -2.08. The molecule has 1 amide bonds. The van der Waals surface area contributed by atoms with E-state index in [0.29, 0.717) is 19.7 Å². The van der Waals surface area contributed by atoms with Crippen LogP contribution in [0.1, 0.15) is 51.7 Å². The maximum Gasteiger partial charge on any atom is 0.410 e. The van der Waals surface area contributed by atoms with Crippen molar-refractivity contribution in [2.45, 2.75) is 65.3 Å². The Kier molecular flexibility index (Phi) is 7.03. The van der Waals surface area contributed by atoms with Gasteiger partial charge in [-0.15, -0.1) is 0 Å². The van der Waals surface area contributed by atoms with Gasteiger partial charge < -0.3 is 19.7 Å². The molecule has 0 radical (unpaired) electrons. The van der Waals surface area contributed by atoms with Gasteiger partial charge in [-0.2, -0.15) is 0 Å². The predicted molar refractivity (Wildman–Crippen MR) is 99.6 cm³/mol. The number of benzene rings is 1. The molecule has 1 fully saturated rings. The van der Waals surface area contributed by atoms with Crippen LogP contribution >= 0.6 is 0 Å². The zero-order valence-electron chi connectivity index (χ0n) is 16.2. The molecule has 1 saturated carbocycles. The molecule has 0 aromatic heterocycles. The molecule has 6 heteroatoms. The van der Waals surface area contributed by atoms with Crippen molar-refractivity contribution in [2.75, 3.05) is 13.2 Å². The van der Waals surface area contributed by atoms with E-state index >= 15 is 0 Å². The first kappa shape index (κ1) is 20.2. The normalized spacial score (nSPS) is 14.0. The number of carbonyl (C=O) groups excluding carboxylic acids is 2. The lowest BCUT2D eigenvalue weighted by Gasteiger charge is -2.27. The summed E-state index contributed by atoms with van der Waals surface area (Å²) in [5.74, 6) is -0.249. The number of nitrogens with zero attached hydrogens (tertiary/aromatic N) is 1. The quantitative estimate of drug-likeness (QED) is 0.719. The molecular formula is C20H30N2O4. The Morgan fingerprint density at radius 2 is 1.77 bits per heavy atom. The minimum atomic E-state index is -0.487. The summed E-state index contributed by atoms with van der Waals surface area (Å²) in [6.07, 6.45) is 1.82. The van der Waals surface area contributed by atoms with Crippen LogP contribution in [0.5, 0.6) is 0 Å².